The lowest BCUT2D eigenvalue weighted by Crippen LogP contribution is -2.37. The summed E-state index contributed by atoms with van der Waals surface area (Å²) < 4.78 is 17.8. The number of aromatic nitrogens is 1. The fourth-order valence-electron chi connectivity index (χ4n) is 1.83. The Balaban J connectivity index is 2.04. The minimum absolute atomic E-state index is 0.183. The van der Waals surface area contributed by atoms with E-state index in [1.165, 1.54) is 30.7 Å². The van der Waals surface area contributed by atoms with Crippen LogP contribution in [0.4, 0.5) is 4.39 Å². The average molecular weight is 278 g/mol. The summed E-state index contributed by atoms with van der Waals surface area (Å²) in [4.78, 5) is 15.7. The van der Waals surface area contributed by atoms with Crippen LogP contribution in [-0.2, 0) is 0 Å². The topological polar surface area (TPSA) is 75.4 Å². The molecule has 0 aliphatic rings. The van der Waals surface area contributed by atoms with Crippen LogP contribution >= 0.6 is 0 Å². The van der Waals surface area contributed by atoms with Crippen molar-refractivity contribution in [3.05, 3.63) is 53.5 Å². The number of aliphatic hydroxyl groups is 1. The Morgan fingerprint density at radius 1 is 1.40 bits per heavy atom. The van der Waals surface area contributed by atoms with Crippen LogP contribution in [0.3, 0.4) is 0 Å². The SMILES string of the molecule is Cc1ocnc1C(=O)NC(C)C(O)c1ccc(F)cc1. The largest absolute Gasteiger partial charge is 0.448 e. The number of carbonyl (C=O) groups is 1. The molecule has 1 aromatic carbocycles. The maximum Gasteiger partial charge on any atom is 0.273 e. The van der Waals surface area contributed by atoms with Crippen molar-refractivity contribution >= 4 is 5.91 Å². The van der Waals surface area contributed by atoms with Crippen molar-refractivity contribution in [3.8, 4) is 0 Å². The van der Waals surface area contributed by atoms with Gasteiger partial charge in [0.2, 0.25) is 0 Å². The van der Waals surface area contributed by atoms with Gasteiger partial charge in [-0.2, -0.15) is 0 Å². The van der Waals surface area contributed by atoms with E-state index in [1.54, 1.807) is 13.8 Å². The second-order valence-electron chi connectivity index (χ2n) is 4.52. The van der Waals surface area contributed by atoms with Crippen molar-refractivity contribution in [2.45, 2.75) is 26.0 Å². The molecule has 0 aliphatic carbocycles. The Morgan fingerprint density at radius 2 is 2.05 bits per heavy atom. The number of nitrogens with zero attached hydrogens (tertiary/aromatic N) is 1. The standard InChI is InChI=1S/C14H15FN2O3/c1-8(13(18)10-3-5-11(15)6-4-10)17-14(19)12-9(2)20-7-16-12/h3-8,13,18H,1-2H3,(H,17,19). The Morgan fingerprint density at radius 3 is 2.60 bits per heavy atom. The van der Waals surface area contributed by atoms with Gasteiger partial charge in [0.1, 0.15) is 11.6 Å². The highest BCUT2D eigenvalue weighted by Gasteiger charge is 2.21. The van der Waals surface area contributed by atoms with Gasteiger partial charge in [-0.25, -0.2) is 9.37 Å². The van der Waals surface area contributed by atoms with Crippen LogP contribution in [0.25, 0.3) is 0 Å². The molecule has 2 N–H and O–H groups in total. The van der Waals surface area contributed by atoms with Gasteiger partial charge in [0, 0.05) is 0 Å². The highest BCUT2D eigenvalue weighted by atomic mass is 19.1. The number of hydrogen-bond acceptors (Lipinski definition) is 4. The number of aryl methyl sites for hydroxylation is 1. The van der Waals surface area contributed by atoms with Crippen molar-refractivity contribution < 1.29 is 18.7 Å². The second kappa shape index (κ2) is 5.83. The van der Waals surface area contributed by atoms with E-state index in [9.17, 15) is 14.3 Å². The highest BCUT2D eigenvalue weighted by molar-refractivity contribution is 5.93. The number of benzene rings is 1. The molecule has 0 saturated heterocycles. The molecule has 20 heavy (non-hydrogen) atoms. The summed E-state index contributed by atoms with van der Waals surface area (Å²) in [6, 6.07) is 4.92. The number of halogens is 1. The van der Waals surface area contributed by atoms with Gasteiger partial charge in [-0.1, -0.05) is 12.1 Å². The van der Waals surface area contributed by atoms with Gasteiger partial charge < -0.3 is 14.8 Å². The molecule has 2 atom stereocenters. The summed E-state index contributed by atoms with van der Waals surface area (Å²) in [5.74, 6) is -0.397. The molecule has 106 valence electrons. The molecular weight excluding hydrogens is 263 g/mol. The first-order chi connectivity index (χ1) is 9.49. The Labute approximate surface area is 115 Å². The molecule has 5 nitrogen and oxygen atoms in total. The second-order valence-corrected chi connectivity index (χ2v) is 4.52. The molecule has 2 rings (SSSR count). The Kier molecular flexibility index (Phi) is 4.14. The monoisotopic (exact) mass is 278 g/mol. The lowest BCUT2D eigenvalue weighted by atomic mass is 10.0. The minimum Gasteiger partial charge on any atom is -0.448 e. The summed E-state index contributed by atoms with van der Waals surface area (Å²) in [5.41, 5.74) is 0.708. The Bertz CT molecular complexity index is 595. The smallest absolute Gasteiger partial charge is 0.273 e. The van der Waals surface area contributed by atoms with Crippen molar-refractivity contribution in [1.82, 2.24) is 10.3 Å². The van der Waals surface area contributed by atoms with Crippen LogP contribution < -0.4 is 5.32 Å². The first-order valence-electron chi connectivity index (χ1n) is 6.13. The lowest BCUT2D eigenvalue weighted by molar-refractivity contribution is 0.0846. The van der Waals surface area contributed by atoms with Gasteiger partial charge in [0.15, 0.2) is 12.1 Å². The maximum absolute atomic E-state index is 12.8. The van der Waals surface area contributed by atoms with Gasteiger partial charge in [0.05, 0.1) is 12.1 Å². The molecule has 1 heterocycles. The molecule has 0 aliphatic heterocycles. The first-order valence-corrected chi connectivity index (χ1v) is 6.13. The number of rotatable bonds is 4. The third-order valence-electron chi connectivity index (χ3n) is 3.00. The molecule has 1 amide bonds. The third-order valence-corrected chi connectivity index (χ3v) is 3.00. The number of nitrogens with one attached hydrogen (secondary N) is 1. The summed E-state index contributed by atoms with van der Waals surface area (Å²) in [7, 11) is 0. The molecule has 0 saturated carbocycles. The molecule has 6 heteroatoms. The molecule has 2 unspecified atom stereocenters. The molecule has 0 fully saturated rings. The van der Waals surface area contributed by atoms with E-state index in [2.05, 4.69) is 10.3 Å². The van der Waals surface area contributed by atoms with Gasteiger partial charge in [-0.3, -0.25) is 4.79 Å². The predicted octanol–water partition coefficient (Wildman–Crippen LogP) is 1.97. The zero-order valence-corrected chi connectivity index (χ0v) is 11.1. The van der Waals surface area contributed by atoms with E-state index >= 15 is 0 Å². The molecule has 1 aromatic heterocycles. The van der Waals surface area contributed by atoms with E-state index in [0.29, 0.717) is 11.3 Å². The number of hydrogen-bond donors (Lipinski definition) is 2. The fourth-order valence-corrected chi connectivity index (χ4v) is 1.83. The van der Waals surface area contributed by atoms with E-state index in [-0.39, 0.29) is 11.5 Å². The van der Waals surface area contributed by atoms with Crippen LogP contribution in [0.15, 0.2) is 35.1 Å². The van der Waals surface area contributed by atoms with Crippen LogP contribution in [0, 0.1) is 12.7 Å². The zero-order chi connectivity index (χ0) is 14.7. The van der Waals surface area contributed by atoms with E-state index in [4.69, 9.17) is 4.42 Å². The molecule has 0 bridgehead atoms. The number of amides is 1. The fraction of sp³-hybridized carbons (Fsp3) is 0.286. The summed E-state index contributed by atoms with van der Waals surface area (Å²) in [6.45, 7) is 3.28. The maximum atomic E-state index is 12.8. The molecule has 0 spiro atoms. The first kappa shape index (κ1) is 14.2. The quantitative estimate of drug-likeness (QED) is 0.896. The molecular formula is C14H15FN2O3. The number of oxazole rings is 1. The number of aliphatic hydroxyl groups excluding tert-OH is 1. The minimum atomic E-state index is -0.938. The van der Waals surface area contributed by atoms with Gasteiger partial charge in [0.25, 0.3) is 5.91 Å². The van der Waals surface area contributed by atoms with Crippen LogP contribution in [0.5, 0.6) is 0 Å². The highest BCUT2D eigenvalue weighted by Crippen LogP contribution is 2.17. The Hall–Kier alpha value is -2.21. The average Bonchev–Trinajstić information content (AvgIpc) is 2.85. The van der Waals surface area contributed by atoms with E-state index in [1.807, 2.05) is 0 Å². The van der Waals surface area contributed by atoms with Crippen molar-refractivity contribution in [2.75, 3.05) is 0 Å². The molecule has 2 aromatic rings. The van der Waals surface area contributed by atoms with Crippen molar-refractivity contribution in [3.63, 3.8) is 0 Å². The number of carbonyl (C=O) groups excluding carboxylic acids is 1. The van der Waals surface area contributed by atoms with Gasteiger partial charge in [-0.15, -0.1) is 0 Å². The van der Waals surface area contributed by atoms with Crippen molar-refractivity contribution in [2.24, 2.45) is 0 Å². The summed E-state index contributed by atoms with van der Waals surface area (Å²) >= 11 is 0. The van der Waals surface area contributed by atoms with E-state index in [0.717, 1.165) is 0 Å². The van der Waals surface area contributed by atoms with Crippen molar-refractivity contribution in [1.29, 1.82) is 0 Å². The third kappa shape index (κ3) is 3.03. The van der Waals surface area contributed by atoms with Gasteiger partial charge in [-0.05, 0) is 31.5 Å². The van der Waals surface area contributed by atoms with Crippen LogP contribution in [-0.4, -0.2) is 22.0 Å². The van der Waals surface area contributed by atoms with Crippen LogP contribution in [0.2, 0.25) is 0 Å². The normalized spacial score (nSPS) is 13.8. The lowest BCUT2D eigenvalue weighted by Gasteiger charge is -2.20. The van der Waals surface area contributed by atoms with E-state index < -0.39 is 18.1 Å². The zero-order valence-electron chi connectivity index (χ0n) is 11.1. The summed E-state index contributed by atoms with van der Waals surface area (Å²) in [5, 5.41) is 12.7. The predicted molar refractivity (Wildman–Crippen MR) is 69.5 cm³/mol. The van der Waals surface area contributed by atoms with Gasteiger partial charge >= 0.3 is 0 Å². The van der Waals surface area contributed by atoms with Crippen LogP contribution in [0.1, 0.15) is 34.8 Å². The summed E-state index contributed by atoms with van der Waals surface area (Å²) in [6.07, 6.45) is 0.248. The molecule has 0 radical (unpaired) electrons.